The predicted octanol–water partition coefficient (Wildman–Crippen LogP) is 5.81. The second kappa shape index (κ2) is 13.3. The van der Waals surface area contributed by atoms with Crippen LogP contribution in [0.1, 0.15) is 37.0 Å². The molecule has 9 nitrogen and oxygen atoms in total. The summed E-state index contributed by atoms with van der Waals surface area (Å²) in [6.07, 6.45) is -5.79. The number of halogens is 3. The highest BCUT2D eigenvalue weighted by Gasteiger charge is 2.53. The van der Waals surface area contributed by atoms with E-state index in [4.69, 9.17) is 9.47 Å². The van der Waals surface area contributed by atoms with E-state index >= 15 is 0 Å². The van der Waals surface area contributed by atoms with Gasteiger partial charge in [-0.3, -0.25) is 9.59 Å². The summed E-state index contributed by atoms with van der Waals surface area (Å²) in [6, 6.07) is 16.8. The first-order valence-electron chi connectivity index (χ1n) is 13.7. The summed E-state index contributed by atoms with van der Waals surface area (Å²) >= 11 is 0. The van der Waals surface area contributed by atoms with E-state index in [0.29, 0.717) is 30.2 Å². The lowest BCUT2D eigenvalue weighted by Gasteiger charge is -2.30. The van der Waals surface area contributed by atoms with Gasteiger partial charge in [0.25, 0.3) is 5.91 Å². The van der Waals surface area contributed by atoms with Crippen molar-refractivity contribution in [2.24, 2.45) is 0 Å². The first kappa shape index (κ1) is 31.5. The summed E-state index contributed by atoms with van der Waals surface area (Å²) < 4.78 is 50.4. The molecular formula is C31H33F3N4O5. The van der Waals surface area contributed by atoms with Crippen molar-refractivity contribution in [1.29, 1.82) is 0 Å². The van der Waals surface area contributed by atoms with Gasteiger partial charge in [-0.25, -0.2) is 4.79 Å². The lowest BCUT2D eigenvalue weighted by atomic mass is 9.87. The van der Waals surface area contributed by atoms with E-state index in [2.05, 4.69) is 16.0 Å². The molecule has 0 fully saturated rings. The van der Waals surface area contributed by atoms with Crippen LogP contribution in [0.3, 0.4) is 0 Å². The number of urea groups is 1. The molecule has 0 aliphatic carbocycles. The lowest BCUT2D eigenvalue weighted by Crippen LogP contribution is -2.56. The van der Waals surface area contributed by atoms with Gasteiger partial charge in [0.05, 0.1) is 24.2 Å². The number of fused-ring (bicyclic) bond motifs is 1. The van der Waals surface area contributed by atoms with Gasteiger partial charge < -0.3 is 30.3 Å². The van der Waals surface area contributed by atoms with Crippen LogP contribution in [0.15, 0.2) is 72.8 Å². The molecule has 1 atom stereocenters. The van der Waals surface area contributed by atoms with Gasteiger partial charge in [0.2, 0.25) is 5.91 Å². The topological polar surface area (TPSA) is 109 Å². The van der Waals surface area contributed by atoms with Crippen molar-refractivity contribution in [2.75, 3.05) is 35.3 Å². The number of aryl methyl sites for hydroxylation is 1. The number of amides is 4. The molecule has 0 unspecified atom stereocenters. The Morgan fingerprint density at radius 3 is 2.07 bits per heavy atom. The van der Waals surface area contributed by atoms with E-state index in [0.717, 1.165) is 29.8 Å². The van der Waals surface area contributed by atoms with Crippen LogP contribution in [0.2, 0.25) is 0 Å². The van der Waals surface area contributed by atoms with Crippen molar-refractivity contribution in [3.8, 4) is 0 Å². The molecule has 4 amide bonds. The highest BCUT2D eigenvalue weighted by atomic mass is 19.4. The summed E-state index contributed by atoms with van der Waals surface area (Å²) in [5, 5.41) is 7.93. The molecule has 1 aliphatic rings. The second-order valence-corrected chi connectivity index (χ2v) is 9.92. The van der Waals surface area contributed by atoms with E-state index < -0.39 is 47.8 Å². The molecular weight excluding hydrogens is 565 g/mol. The fourth-order valence-electron chi connectivity index (χ4n) is 4.90. The standard InChI is InChI=1S/C31H33F3N4O5/c1-4-42-27(43-5-2)19-38-25-9-7-6-8-24(25)30(28(38)40,18-26(39)35-22-14-10-20(3)11-15-22)37-29(41)36-23-16-12-21(13-17-23)31(32,33)34/h6-17,27H,4-5,18-19H2,1-3H3,(H,35,39)(H2,36,37,41)/t30-/m0/s1. The van der Waals surface area contributed by atoms with Crippen molar-refractivity contribution in [2.45, 2.75) is 45.2 Å². The van der Waals surface area contributed by atoms with Crippen LogP contribution < -0.4 is 20.9 Å². The Bertz CT molecular complexity index is 1440. The zero-order chi connectivity index (χ0) is 31.2. The number of alkyl halides is 3. The number of carbonyl (C=O) groups is 3. The predicted molar refractivity (Wildman–Crippen MR) is 156 cm³/mol. The Morgan fingerprint density at radius 1 is 0.884 bits per heavy atom. The summed E-state index contributed by atoms with van der Waals surface area (Å²) in [5.74, 6) is -1.14. The largest absolute Gasteiger partial charge is 0.416 e. The molecule has 1 heterocycles. The molecule has 3 N–H and O–H groups in total. The monoisotopic (exact) mass is 598 g/mol. The molecule has 0 radical (unpaired) electrons. The first-order chi connectivity index (χ1) is 20.5. The minimum absolute atomic E-state index is 0.0128. The number of nitrogens with zero attached hydrogens (tertiary/aromatic N) is 1. The Labute approximate surface area is 247 Å². The molecule has 1 aliphatic heterocycles. The molecule has 0 bridgehead atoms. The zero-order valence-corrected chi connectivity index (χ0v) is 24.0. The summed E-state index contributed by atoms with van der Waals surface area (Å²) in [6.45, 7) is 6.12. The Hall–Kier alpha value is -4.42. The number of carbonyl (C=O) groups excluding carboxylic acids is 3. The molecule has 43 heavy (non-hydrogen) atoms. The minimum Gasteiger partial charge on any atom is -0.351 e. The van der Waals surface area contributed by atoms with Crippen LogP contribution >= 0.6 is 0 Å². The maximum Gasteiger partial charge on any atom is 0.416 e. The average molecular weight is 599 g/mol. The Balaban J connectivity index is 1.67. The van der Waals surface area contributed by atoms with E-state index in [1.54, 1.807) is 50.2 Å². The second-order valence-electron chi connectivity index (χ2n) is 9.92. The fraction of sp³-hybridized carbons (Fsp3) is 0.323. The smallest absolute Gasteiger partial charge is 0.351 e. The van der Waals surface area contributed by atoms with Crippen LogP contribution in [-0.4, -0.2) is 43.9 Å². The lowest BCUT2D eigenvalue weighted by molar-refractivity contribution is -0.138. The first-order valence-corrected chi connectivity index (χ1v) is 13.7. The highest BCUT2D eigenvalue weighted by Crippen LogP contribution is 2.43. The number of nitrogens with one attached hydrogen (secondary N) is 3. The van der Waals surface area contributed by atoms with Crippen molar-refractivity contribution in [3.63, 3.8) is 0 Å². The fourth-order valence-corrected chi connectivity index (χ4v) is 4.90. The van der Waals surface area contributed by atoms with Gasteiger partial charge in [0, 0.05) is 30.2 Å². The van der Waals surface area contributed by atoms with E-state index in [-0.39, 0.29) is 12.2 Å². The summed E-state index contributed by atoms with van der Waals surface area (Å²) in [7, 11) is 0. The van der Waals surface area contributed by atoms with Gasteiger partial charge in [0.15, 0.2) is 11.8 Å². The van der Waals surface area contributed by atoms with Gasteiger partial charge in [-0.05, 0) is 63.2 Å². The average Bonchev–Trinajstić information content (AvgIpc) is 3.17. The van der Waals surface area contributed by atoms with Gasteiger partial charge >= 0.3 is 12.2 Å². The van der Waals surface area contributed by atoms with Gasteiger partial charge in [-0.15, -0.1) is 0 Å². The van der Waals surface area contributed by atoms with Crippen molar-refractivity contribution in [1.82, 2.24) is 5.32 Å². The minimum atomic E-state index is -4.54. The van der Waals surface area contributed by atoms with Crippen molar-refractivity contribution >= 4 is 34.9 Å². The van der Waals surface area contributed by atoms with Gasteiger partial charge in [0.1, 0.15) is 0 Å². The third-order valence-electron chi connectivity index (χ3n) is 6.86. The van der Waals surface area contributed by atoms with Gasteiger partial charge in [-0.2, -0.15) is 13.2 Å². The molecule has 0 spiro atoms. The van der Waals surface area contributed by atoms with Crippen molar-refractivity contribution < 1.29 is 37.0 Å². The van der Waals surface area contributed by atoms with Gasteiger partial charge in [-0.1, -0.05) is 35.9 Å². The van der Waals surface area contributed by atoms with E-state index in [1.165, 1.54) is 4.90 Å². The number of hydrogen-bond donors (Lipinski definition) is 3. The molecule has 0 saturated heterocycles. The molecule has 3 aromatic carbocycles. The zero-order valence-electron chi connectivity index (χ0n) is 24.0. The molecule has 12 heteroatoms. The summed E-state index contributed by atoms with van der Waals surface area (Å²) in [5.41, 5.74) is -0.356. The number of ether oxygens (including phenoxy) is 2. The number of para-hydroxylation sites is 1. The highest BCUT2D eigenvalue weighted by molar-refractivity contribution is 6.12. The molecule has 0 aromatic heterocycles. The SMILES string of the molecule is CCOC(CN1C(=O)[C@@](CC(=O)Nc2ccc(C)cc2)(NC(=O)Nc2ccc(C(F)(F)F)cc2)c2ccccc21)OCC. The number of rotatable bonds is 11. The van der Waals surface area contributed by atoms with Crippen LogP contribution in [0.25, 0.3) is 0 Å². The van der Waals surface area contributed by atoms with Crippen LogP contribution in [0, 0.1) is 6.92 Å². The van der Waals surface area contributed by atoms with Crippen LogP contribution in [0.5, 0.6) is 0 Å². The van der Waals surface area contributed by atoms with Crippen molar-refractivity contribution in [3.05, 3.63) is 89.5 Å². The van der Waals surface area contributed by atoms with Crippen LogP contribution in [-0.2, 0) is 30.8 Å². The number of anilines is 3. The third-order valence-corrected chi connectivity index (χ3v) is 6.86. The quantitative estimate of drug-likeness (QED) is 0.242. The molecule has 3 aromatic rings. The maximum atomic E-state index is 14.3. The normalized spacial score (nSPS) is 16.3. The number of hydrogen-bond acceptors (Lipinski definition) is 5. The molecule has 0 saturated carbocycles. The van der Waals surface area contributed by atoms with Crippen LogP contribution in [0.4, 0.5) is 35.0 Å². The van der Waals surface area contributed by atoms with E-state index in [9.17, 15) is 27.6 Å². The maximum absolute atomic E-state index is 14.3. The Kier molecular flexibility index (Phi) is 9.72. The Morgan fingerprint density at radius 2 is 1.47 bits per heavy atom. The van der Waals surface area contributed by atoms with E-state index in [1.807, 2.05) is 19.1 Å². The molecule has 4 rings (SSSR count). The summed E-state index contributed by atoms with van der Waals surface area (Å²) in [4.78, 5) is 42.4. The molecule has 228 valence electrons. The number of benzene rings is 3. The third kappa shape index (κ3) is 7.33.